The molecule has 5 nitrogen and oxygen atoms in total. The Morgan fingerprint density at radius 1 is 1.19 bits per heavy atom. The van der Waals surface area contributed by atoms with Crippen molar-refractivity contribution in [3.63, 3.8) is 0 Å². The number of hydrogen-bond donors (Lipinski definition) is 1. The zero-order valence-corrected chi connectivity index (χ0v) is 14.0. The van der Waals surface area contributed by atoms with Crippen LogP contribution >= 0.6 is 0 Å². The van der Waals surface area contributed by atoms with E-state index in [0.29, 0.717) is 0 Å². The minimum atomic E-state index is -1.58. The number of anilines is 1. The lowest BCUT2D eigenvalue weighted by Crippen LogP contribution is -2.17. The largest absolute Gasteiger partial charge is 0.417 e. The lowest BCUT2D eigenvalue weighted by Gasteiger charge is -2.12. The van der Waals surface area contributed by atoms with E-state index in [1.165, 1.54) is 30.1 Å². The summed E-state index contributed by atoms with van der Waals surface area (Å²) >= 11 is 0. The molecule has 2 aromatic carbocycles. The Balaban J connectivity index is 1.87. The van der Waals surface area contributed by atoms with E-state index in [2.05, 4.69) is 10.4 Å². The van der Waals surface area contributed by atoms with Gasteiger partial charge in [0.1, 0.15) is 12.4 Å². The van der Waals surface area contributed by atoms with Crippen LogP contribution in [0, 0.1) is 17.5 Å². The number of halogens is 4. The van der Waals surface area contributed by atoms with E-state index in [-0.39, 0.29) is 28.3 Å². The summed E-state index contributed by atoms with van der Waals surface area (Å²) in [6.07, 6.45) is 0.374. The first kappa shape index (κ1) is 18.4. The second-order valence-corrected chi connectivity index (χ2v) is 5.56. The fourth-order valence-corrected chi connectivity index (χ4v) is 2.48. The molecule has 0 radical (unpaired) electrons. The Hall–Kier alpha value is -3.36. The van der Waals surface area contributed by atoms with E-state index in [1.54, 1.807) is 12.1 Å². The number of alkyl halides is 1. The molecule has 1 N–H and O–H groups in total. The van der Waals surface area contributed by atoms with E-state index in [1.807, 2.05) is 0 Å². The van der Waals surface area contributed by atoms with Gasteiger partial charge in [-0.2, -0.15) is 5.10 Å². The zero-order valence-electron chi connectivity index (χ0n) is 14.0. The second kappa shape index (κ2) is 7.48. The van der Waals surface area contributed by atoms with Crippen LogP contribution in [-0.4, -0.2) is 15.9 Å². The van der Waals surface area contributed by atoms with Crippen molar-refractivity contribution in [3.8, 4) is 16.9 Å². The molecule has 0 aliphatic carbocycles. The minimum Gasteiger partial charge on any atom is -0.406 e. The van der Waals surface area contributed by atoms with Gasteiger partial charge >= 0.3 is 6.09 Å². The molecule has 9 heteroatoms. The Kier molecular flexibility index (Phi) is 5.11. The molecule has 0 saturated heterocycles. The standard InChI is InChI=1S/C18H13F4N3O2/c1-25-9-16(15(8-19)24-25)27-18(26)23-14-5-3-2-4-11(14)10-6-12(20)17(22)13(21)7-10/h2-7,9H,8H2,1H3,(H,23,26). The van der Waals surface area contributed by atoms with Crippen molar-refractivity contribution in [2.75, 3.05) is 5.32 Å². The molecule has 0 fully saturated rings. The van der Waals surface area contributed by atoms with E-state index in [0.717, 1.165) is 12.1 Å². The van der Waals surface area contributed by atoms with Crippen molar-refractivity contribution >= 4 is 11.8 Å². The number of hydrogen-bond acceptors (Lipinski definition) is 3. The maximum Gasteiger partial charge on any atom is 0.417 e. The number of ether oxygens (including phenoxy) is 1. The second-order valence-electron chi connectivity index (χ2n) is 5.56. The van der Waals surface area contributed by atoms with Crippen molar-refractivity contribution in [1.82, 2.24) is 9.78 Å². The summed E-state index contributed by atoms with van der Waals surface area (Å²) in [6.45, 7) is -0.922. The van der Waals surface area contributed by atoms with Gasteiger partial charge in [-0.25, -0.2) is 22.4 Å². The van der Waals surface area contributed by atoms with E-state index < -0.39 is 30.2 Å². The van der Waals surface area contributed by atoms with Crippen LogP contribution in [0.3, 0.4) is 0 Å². The van der Waals surface area contributed by atoms with Crippen molar-refractivity contribution in [3.05, 3.63) is 65.7 Å². The summed E-state index contributed by atoms with van der Waals surface area (Å²) in [5.41, 5.74) is 0.375. The van der Waals surface area contributed by atoms with Gasteiger partial charge < -0.3 is 4.74 Å². The van der Waals surface area contributed by atoms with Crippen LogP contribution < -0.4 is 10.1 Å². The first-order valence-electron chi connectivity index (χ1n) is 7.70. The summed E-state index contributed by atoms with van der Waals surface area (Å²) in [6, 6.07) is 7.73. The molecule has 0 bridgehead atoms. The molecule has 3 rings (SSSR count). The minimum absolute atomic E-state index is 0.0214. The third kappa shape index (κ3) is 3.91. The highest BCUT2D eigenvalue weighted by atomic mass is 19.2. The van der Waals surface area contributed by atoms with Crippen LogP contribution in [0.5, 0.6) is 5.75 Å². The predicted molar refractivity (Wildman–Crippen MR) is 89.4 cm³/mol. The SMILES string of the molecule is Cn1cc(OC(=O)Nc2ccccc2-c2cc(F)c(F)c(F)c2)c(CF)n1. The van der Waals surface area contributed by atoms with Crippen LogP contribution in [0.4, 0.5) is 28.0 Å². The smallest absolute Gasteiger partial charge is 0.406 e. The van der Waals surface area contributed by atoms with Crippen LogP contribution in [-0.2, 0) is 13.7 Å². The summed E-state index contributed by atoms with van der Waals surface area (Å²) < 4.78 is 59.4. The van der Waals surface area contributed by atoms with Crippen molar-refractivity contribution in [2.24, 2.45) is 7.05 Å². The van der Waals surface area contributed by atoms with Crippen LogP contribution in [0.1, 0.15) is 5.69 Å². The van der Waals surface area contributed by atoms with Crippen LogP contribution in [0.25, 0.3) is 11.1 Å². The van der Waals surface area contributed by atoms with Crippen LogP contribution in [0.15, 0.2) is 42.6 Å². The average Bonchev–Trinajstić information content (AvgIpc) is 2.98. The number of aromatic nitrogens is 2. The number of amides is 1. The molecule has 0 aliphatic rings. The lowest BCUT2D eigenvalue weighted by molar-refractivity contribution is 0.214. The van der Waals surface area contributed by atoms with Gasteiger partial charge in [-0.1, -0.05) is 18.2 Å². The number of rotatable bonds is 4. The maximum atomic E-state index is 13.5. The van der Waals surface area contributed by atoms with Gasteiger partial charge in [0, 0.05) is 12.6 Å². The lowest BCUT2D eigenvalue weighted by atomic mass is 10.0. The molecule has 3 aromatic rings. The topological polar surface area (TPSA) is 56.1 Å². The van der Waals surface area contributed by atoms with E-state index in [4.69, 9.17) is 4.74 Å². The number of benzene rings is 2. The molecule has 0 atom stereocenters. The monoisotopic (exact) mass is 379 g/mol. The fraction of sp³-hybridized carbons (Fsp3) is 0.111. The molecule has 0 aliphatic heterocycles. The average molecular weight is 379 g/mol. The molecular formula is C18H13F4N3O2. The van der Waals surface area contributed by atoms with Gasteiger partial charge in [0.15, 0.2) is 23.2 Å². The number of carbonyl (C=O) groups excluding carboxylic acids is 1. The Morgan fingerprint density at radius 3 is 2.52 bits per heavy atom. The highest BCUT2D eigenvalue weighted by Crippen LogP contribution is 2.30. The first-order chi connectivity index (χ1) is 12.9. The molecule has 1 heterocycles. The molecule has 140 valence electrons. The normalized spacial score (nSPS) is 10.7. The Morgan fingerprint density at radius 2 is 1.85 bits per heavy atom. The molecular weight excluding hydrogens is 366 g/mol. The van der Waals surface area contributed by atoms with Crippen molar-refractivity contribution in [2.45, 2.75) is 6.67 Å². The summed E-state index contributed by atoms with van der Waals surface area (Å²) in [4.78, 5) is 12.1. The summed E-state index contributed by atoms with van der Waals surface area (Å²) in [7, 11) is 1.54. The zero-order chi connectivity index (χ0) is 19.6. The highest BCUT2D eigenvalue weighted by Gasteiger charge is 2.17. The van der Waals surface area contributed by atoms with Crippen molar-refractivity contribution < 1.29 is 27.1 Å². The van der Waals surface area contributed by atoms with Gasteiger partial charge in [0.05, 0.1) is 11.9 Å². The third-order valence-corrected chi connectivity index (χ3v) is 3.65. The fourth-order valence-electron chi connectivity index (χ4n) is 2.48. The molecule has 0 spiro atoms. The van der Waals surface area contributed by atoms with Gasteiger partial charge in [-0.05, 0) is 23.8 Å². The quantitative estimate of drug-likeness (QED) is 0.533. The number of para-hydroxylation sites is 1. The van der Waals surface area contributed by atoms with Gasteiger partial charge in [-0.15, -0.1) is 0 Å². The van der Waals surface area contributed by atoms with E-state index >= 15 is 0 Å². The number of nitrogens with zero attached hydrogens (tertiary/aromatic N) is 2. The summed E-state index contributed by atoms with van der Waals surface area (Å²) in [5, 5.41) is 6.21. The van der Waals surface area contributed by atoms with Gasteiger partial charge in [0.2, 0.25) is 0 Å². The van der Waals surface area contributed by atoms with Gasteiger partial charge in [-0.3, -0.25) is 10.00 Å². The number of aryl methyl sites for hydroxylation is 1. The Labute approximate surface area is 151 Å². The Bertz CT molecular complexity index is 981. The molecule has 1 aromatic heterocycles. The third-order valence-electron chi connectivity index (χ3n) is 3.65. The highest BCUT2D eigenvalue weighted by molar-refractivity contribution is 5.92. The van der Waals surface area contributed by atoms with Gasteiger partial charge in [0.25, 0.3) is 0 Å². The number of carbonyl (C=O) groups is 1. The molecule has 27 heavy (non-hydrogen) atoms. The molecule has 0 unspecified atom stereocenters. The van der Waals surface area contributed by atoms with Crippen LogP contribution in [0.2, 0.25) is 0 Å². The molecule has 1 amide bonds. The predicted octanol–water partition coefficient (Wildman–Crippen LogP) is 4.58. The number of nitrogens with one attached hydrogen (secondary N) is 1. The molecule has 0 saturated carbocycles. The van der Waals surface area contributed by atoms with Crippen molar-refractivity contribution in [1.29, 1.82) is 0 Å². The summed E-state index contributed by atoms with van der Waals surface area (Å²) in [5.74, 6) is -4.36. The maximum absolute atomic E-state index is 13.5. The first-order valence-corrected chi connectivity index (χ1v) is 7.70. The van der Waals surface area contributed by atoms with E-state index in [9.17, 15) is 22.4 Å².